The molecule has 0 amide bonds. The second kappa shape index (κ2) is 9.37. The highest BCUT2D eigenvalue weighted by molar-refractivity contribution is 5.64. The predicted molar refractivity (Wildman–Crippen MR) is 116 cm³/mol. The monoisotopic (exact) mass is 389 g/mol. The Morgan fingerprint density at radius 1 is 1.03 bits per heavy atom. The molecule has 29 heavy (non-hydrogen) atoms. The van der Waals surface area contributed by atoms with Crippen LogP contribution in [0.4, 0.5) is 17.5 Å². The van der Waals surface area contributed by atoms with Gasteiger partial charge in [-0.05, 0) is 49.8 Å². The smallest absolute Gasteiger partial charge is 0.247 e. The molecule has 0 spiro atoms. The lowest BCUT2D eigenvalue weighted by Crippen LogP contribution is -2.35. The Morgan fingerprint density at radius 3 is 2.59 bits per heavy atom. The number of anilines is 3. The summed E-state index contributed by atoms with van der Waals surface area (Å²) in [7, 11) is 0. The van der Waals surface area contributed by atoms with E-state index in [2.05, 4.69) is 55.7 Å². The number of hydrogen-bond acceptors (Lipinski definition) is 6. The minimum Gasteiger partial charge on any atom is -0.492 e. The number of aromatic nitrogens is 3. The van der Waals surface area contributed by atoms with E-state index in [0.29, 0.717) is 24.3 Å². The van der Waals surface area contributed by atoms with Crippen molar-refractivity contribution in [3.63, 3.8) is 0 Å². The zero-order valence-corrected chi connectivity index (χ0v) is 16.8. The molecule has 0 aliphatic carbocycles. The zero-order valence-electron chi connectivity index (χ0n) is 16.8. The van der Waals surface area contributed by atoms with Crippen LogP contribution in [0.15, 0.2) is 60.8 Å². The van der Waals surface area contributed by atoms with E-state index in [0.717, 1.165) is 43.8 Å². The summed E-state index contributed by atoms with van der Waals surface area (Å²) in [5.41, 5.74) is 2.30. The lowest BCUT2D eigenvalue weighted by Gasteiger charge is -2.31. The van der Waals surface area contributed by atoms with Gasteiger partial charge in [0.25, 0.3) is 0 Å². The molecular formula is C23H27N5O. The Labute approximate surface area is 172 Å². The molecule has 6 nitrogen and oxygen atoms in total. The predicted octanol–water partition coefficient (Wildman–Crippen LogP) is 4.47. The third kappa shape index (κ3) is 5.02. The van der Waals surface area contributed by atoms with E-state index in [-0.39, 0.29) is 0 Å². The van der Waals surface area contributed by atoms with Gasteiger partial charge in [0.05, 0.1) is 18.5 Å². The van der Waals surface area contributed by atoms with E-state index in [1.54, 1.807) is 6.20 Å². The highest BCUT2D eigenvalue weighted by Crippen LogP contribution is 2.28. The topological polar surface area (TPSA) is 63.2 Å². The van der Waals surface area contributed by atoms with E-state index >= 15 is 0 Å². The van der Waals surface area contributed by atoms with Gasteiger partial charge in [0.15, 0.2) is 5.82 Å². The van der Waals surface area contributed by atoms with Crippen LogP contribution >= 0.6 is 0 Å². The zero-order chi connectivity index (χ0) is 19.9. The van der Waals surface area contributed by atoms with Gasteiger partial charge >= 0.3 is 0 Å². The lowest BCUT2D eigenvalue weighted by molar-refractivity contribution is 0.342. The fourth-order valence-electron chi connectivity index (χ4n) is 3.76. The molecule has 4 rings (SSSR count). The average molecular weight is 390 g/mol. The standard InChI is InChI=1S/C23H27N5O/c1-2-29-21-11-7-6-10-20(21)25-22-17-24-27-23(26-22)28-14-12-19(13-15-28)16-18-8-4-3-5-9-18/h3-11,17,19H,2,12-16H2,1H3,(H,25,26,27). The molecule has 6 heteroatoms. The van der Waals surface area contributed by atoms with Crippen LogP contribution in [0.3, 0.4) is 0 Å². The molecule has 1 fully saturated rings. The van der Waals surface area contributed by atoms with Gasteiger partial charge in [-0.3, -0.25) is 0 Å². The molecule has 1 aliphatic heterocycles. The van der Waals surface area contributed by atoms with Crippen LogP contribution in [0.5, 0.6) is 5.75 Å². The number of piperidine rings is 1. The highest BCUT2D eigenvalue weighted by Gasteiger charge is 2.21. The maximum absolute atomic E-state index is 5.68. The number of ether oxygens (including phenoxy) is 1. The van der Waals surface area contributed by atoms with Crippen LogP contribution in [-0.4, -0.2) is 34.9 Å². The van der Waals surface area contributed by atoms with Crippen molar-refractivity contribution in [3.05, 3.63) is 66.4 Å². The van der Waals surface area contributed by atoms with Crippen LogP contribution in [0.2, 0.25) is 0 Å². The van der Waals surface area contributed by atoms with Crippen molar-refractivity contribution in [2.45, 2.75) is 26.2 Å². The number of hydrogen-bond donors (Lipinski definition) is 1. The van der Waals surface area contributed by atoms with E-state index in [1.165, 1.54) is 5.56 Å². The van der Waals surface area contributed by atoms with E-state index in [1.807, 2.05) is 31.2 Å². The number of benzene rings is 2. The van der Waals surface area contributed by atoms with Crippen molar-refractivity contribution in [1.29, 1.82) is 0 Å². The summed E-state index contributed by atoms with van der Waals surface area (Å²) in [4.78, 5) is 6.92. The first-order chi connectivity index (χ1) is 14.3. The van der Waals surface area contributed by atoms with Gasteiger partial charge in [-0.2, -0.15) is 10.1 Å². The highest BCUT2D eigenvalue weighted by atomic mass is 16.5. The fraction of sp³-hybridized carbons (Fsp3) is 0.348. The van der Waals surface area contributed by atoms with Crippen molar-refractivity contribution in [3.8, 4) is 5.75 Å². The van der Waals surface area contributed by atoms with Gasteiger partial charge in [-0.1, -0.05) is 42.5 Å². The maximum Gasteiger partial charge on any atom is 0.247 e. The second-order valence-electron chi connectivity index (χ2n) is 7.32. The quantitative estimate of drug-likeness (QED) is 0.643. The van der Waals surface area contributed by atoms with Crippen LogP contribution in [-0.2, 0) is 6.42 Å². The van der Waals surface area contributed by atoms with Crippen LogP contribution in [0.25, 0.3) is 0 Å². The molecule has 2 aromatic carbocycles. The third-order valence-electron chi connectivity index (χ3n) is 5.26. The third-order valence-corrected chi connectivity index (χ3v) is 5.26. The Balaban J connectivity index is 1.38. The summed E-state index contributed by atoms with van der Waals surface area (Å²) in [5, 5.41) is 11.7. The minimum atomic E-state index is 0.615. The summed E-state index contributed by atoms with van der Waals surface area (Å²) in [6, 6.07) is 18.6. The van der Waals surface area contributed by atoms with E-state index < -0.39 is 0 Å². The molecule has 0 bridgehead atoms. The largest absolute Gasteiger partial charge is 0.492 e. The lowest BCUT2D eigenvalue weighted by atomic mass is 9.90. The summed E-state index contributed by atoms with van der Waals surface area (Å²) >= 11 is 0. The molecular weight excluding hydrogens is 362 g/mol. The Hall–Kier alpha value is -3.15. The summed E-state index contributed by atoms with van der Waals surface area (Å²) in [6.45, 7) is 4.50. The molecule has 0 radical (unpaired) electrons. The van der Waals surface area contributed by atoms with Gasteiger partial charge in [0.2, 0.25) is 5.95 Å². The van der Waals surface area contributed by atoms with Gasteiger partial charge in [0, 0.05) is 13.1 Å². The van der Waals surface area contributed by atoms with Gasteiger partial charge in [-0.25, -0.2) is 0 Å². The normalized spacial score (nSPS) is 14.6. The molecule has 1 saturated heterocycles. The first-order valence-corrected chi connectivity index (χ1v) is 10.3. The first-order valence-electron chi connectivity index (χ1n) is 10.3. The molecule has 0 saturated carbocycles. The minimum absolute atomic E-state index is 0.615. The molecule has 2 heterocycles. The van der Waals surface area contributed by atoms with E-state index in [9.17, 15) is 0 Å². The molecule has 0 atom stereocenters. The molecule has 1 N–H and O–H groups in total. The van der Waals surface area contributed by atoms with Crippen molar-refractivity contribution < 1.29 is 4.74 Å². The molecule has 1 aromatic heterocycles. The summed E-state index contributed by atoms with van der Waals surface area (Å²) in [5.74, 6) is 2.87. The summed E-state index contributed by atoms with van der Waals surface area (Å²) in [6.07, 6.45) is 5.07. The van der Waals surface area contributed by atoms with Crippen molar-refractivity contribution in [2.75, 3.05) is 29.9 Å². The first kappa shape index (κ1) is 19.2. The molecule has 0 unspecified atom stereocenters. The Bertz CT molecular complexity index is 910. The average Bonchev–Trinajstić information content (AvgIpc) is 2.77. The number of nitrogens with one attached hydrogen (secondary N) is 1. The van der Waals surface area contributed by atoms with Crippen molar-refractivity contribution >= 4 is 17.5 Å². The van der Waals surface area contributed by atoms with Gasteiger partial charge in [-0.15, -0.1) is 5.10 Å². The van der Waals surface area contributed by atoms with Crippen molar-refractivity contribution in [2.24, 2.45) is 5.92 Å². The van der Waals surface area contributed by atoms with Gasteiger partial charge in [0.1, 0.15) is 5.75 Å². The van der Waals surface area contributed by atoms with Crippen molar-refractivity contribution in [1.82, 2.24) is 15.2 Å². The Kier molecular flexibility index (Phi) is 6.19. The number of nitrogens with zero attached hydrogens (tertiary/aromatic N) is 4. The van der Waals surface area contributed by atoms with Crippen LogP contribution in [0, 0.1) is 5.92 Å². The second-order valence-corrected chi connectivity index (χ2v) is 7.32. The maximum atomic E-state index is 5.68. The number of rotatable bonds is 7. The summed E-state index contributed by atoms with van der Waals surface area (Å²) < 4.78 is 5.68. The molecule has 3 aromatic rings. The fourth-order valence-corrected chi connectivity index (χ4v) is 3.76. The van der Waals surface area contributed by atoms with Crippen LogP contribution < -0.4 is 15.0 Å². The molecule has 1 aliphatic rings. The Morgan fingerprint density at radius 2 is 1.79 bits per heavy atom. The van der Waals surface area contributed by atoms with Crippen LogP contribution in [0.1, 0.15) is 25.3 Å². The van der Waals surface area contributed by atoms with Gasteiger partial charge < -0.3 is 15.0 Å². The SMILES string of the molecule is CCOc1ccccc1Nc1cnnc(N2CCC(Cc3ccccc3)CC2)n1. The van der Waals surface area contributed by atoms with E-state index in [4.69, 9.17) is 4.74 Å². The molecule has 150 valence electrons. The number of para-hydroxylation sites is 2.